The van der Waals surface area contributed by atoms with Crippen molar-refractivity contribution in [1.29, 1.82) is 5.26 Å². The monoisotopic (exact) mass is 478 g/mol. The first-order valence-corrected chi connectivity index (χ1v) is 11.9. The Balaban J connectivity index is 1.74. The van der Waals surface area contributed by atoms with Gasteiger partial charge in [-0.1, -0.05) is 54.4 Å². The summed E-state index contributed by atoms with van der Waals surface area (Å²) in [5, 5.41) is 13.8. The summed E-state index contributed by atoms with van der Waals surface area (Å²) in [4.78, 5) is 0. The van der Waals surface area contributed by atoms with Crippen LogP contribution in [0.2, 0.25) is 5.02 Å². The van der Waals surface area contributed by atoms with Crippen LogP contribution in [-0.4, -0.2) is 32.9 Å². The molecule has 3 aromatic carbocycles. The molecule has 0 heterocycles. The van der Waals surface area contributed by atoms with Crippen LogP contribution >= 0.6 is 11.6 Å². The van der Waals surface area contributed by atoms with E-state index in [9.17, 15) is 5.26 Å². The highest BCUT2D eigenvalue weighted by molar-refractivity contribution is 6.33. The van der Waals surface area contributed by atoms with Crippen molar-refractivity contribution in [3.8, 4) is 22.9 Å². The van der Waals surface area contributed by atoms with E-state index in [1.165, 1.54) is 30.9 Å². The fraction of sp³-hybridized carbons (Fsp3) is 0.321. The first kappa shape index (κ1) is 24.2. The highest BCUT2D eigenvalue weighted by Crippen LogP contribution is 2.39. The average Bonchev–Trinajstić information content (AvgIpc) is 2.83. The summed E-state index contributed by atoms with van der Waals surface area (Å²) in [6.45, 7) is 1.30. The Morgan fingerprint density at radius 1 is 1.09 bits per heavy atom. The van der Waals surface area contributed by atoms with Gasteiger partial charge in [0.25, 0.3) is 0 Å². The van der Waals surface area contributed by atoms with Crippen LogP contribution in [0, 0.1) is 17.1 Å². The SMILES string of the molecule is COCCOc1ccc(C#N)c(-c2cc(C(CNC3CCC3)c3ccccc3)ccc2Cl)c1F. The van der Waals surface area contributed by atoms with Gasteiger partial charge in [-0.15, -0.1) is 0 Å². The molecule has 1 N–H and O–H groups in total. The van der Waals surface area contributed by atoms with E-state index in [0.717, 1.165) is 12.1 Å². The number of ether oxygens (including phenoxy) is 2. The van der Waals surface area contributed by atoms with Gasteiger partial charge in [-0.2, -0.15) is 5.26 Å². The maximum Gasteiger partial charge on any atom is 0.174 e. The van der Waals surface area contributed by atoms with Crippen molar-refractivity contribution in [3.05, 3.63) is 88.2 Å². The van der Waals surface area contributed by atoms with Crippen molar-refractivity contribution in [2.75, 3.05) is 26.9 Å². The third-order valence-electron chi connectivity index (χ3n) is 6.35. The zero-order chi connectivity index (χ0) is 23.9. The molecule has 0 spiro atoms. The van der Waals surface area contributed by atoms with Gasteiger partial charge in [0.2, 0.25) is 0 Å². The number of halogens is 2. The normalized spacial score (nSPS) is 14.3. The van der Waals surface area contributed by atoms with Gasteiger partial charge >= 0.3 is 0 Å². The van der Waals surface area contributed by atoms with Gasteiger partial charge in [0, 0.05) is 41.8 Å². The Morgan fingerprint density at radius 2 is 1.88 bits per heavy atom. The molecule has 3 aromatic rings. The topological polar surface area (TPSA) is 54.3 Å². The van der Waals surface area contributed by atoms with E-state index < -0.39 is 5.82 Å². The minimum Gasteiger partial charge on any atom is -0.488 e. The fourth-order valence-electron chi connectivity index (χ4n) is 4.22. The number of nitrogens with one attached hydrogen (secondary N) is 1. The Morgan fingerprint density at radius 3 is 2.56 bits per heavy atom. The summed E-state index contributed by atoms with van der Waals surface area (Å²) in [5.74, 6) is -0.468. The highest BCUT2D eigenvalue weighted by atomic mass is 35.5. The van der Waals surface area contributed by atoms with E-state index in [1.54, 1.807) is 19.2 Å². The first-order valence-electron chi connectivity index (χ1n) is 11.5. The number of benzene rings is 3. The van der Waals surface area contributed by atoms with E-state index in [0.29, 0.717) is 23.2 Å². The minimum atomic E-state index is -0.599. The Labute approximate surface area is 205 Å². The Bertz CT molecular complexity index is 1160. The molecule has 4 rings (SSSR count). The van der Waals surface area contributed by atoms with Gasteiger partial charge in [-0.05, 0) is 48.2 Å². The van der Waals surface area contributed by atoms with E-state index in [-0.39, 0.29) is 29.4 Å². The Kier molecular flexibility index (Phi) is 8.18. The summed E-state index contributed by atoms with van der Waals surface area (Å²) in [6, 6.07) is 21.6. The van der Waals surface area contributed by atoms with Gasteiger partial charge in [0.15, 0.2) is 11.6 Å². The second-order valence-corrected chi connectivity index (χ2v) is 8.90. The maximum atomic E-state index is 15.6. The summed E-state index contributed by atoms with van der Waals surface area (Å²) in [5.41, 5.74) is 3.02. The molecule has 1 atom stereocenters. The molecular weight excluding hydrogens is 451 g/mol. The van der Waals surface area contributed by atoms with Crippen molar-refractivity contribution in [2.24, 2.45) is 0 Å². The number of methoxy groups -OCH3 is 1. The standard InChI is InChI=1S/C28H28ClFN2O2/c1-33-14-15-34-26-13-11-21(17-31)27(28(26)30)23-16-20(10-12-25(23)29)24(18-32-22-8-5-9-22)19-6-3-2-4-7-19/h2-4,6-7,10-13,16,22,24,32H,5,8-9,14-15,18H2,1H3. The van der Waals surface area contributed by atoms with Crippen molar-refractivity contribution in [3.63, 3.8) is 0 Å². The van der Waals surface area contributed by atoms with E-state index in [1.807, 2.05) is 30.3 Å². The molecule has 0 radical (unpaired) electrons. The summed E-state index contributed by atoms with van der Waals surface area (Å²) >= 11 is 6.57. The molecule has 1 fully saturated rings. The molecule has 1 saturated carbocycles. The molecule has 0 amide bonds. The molecular formula is C28H28ClFN2O2. The average molecular weight is 479 g/mol. The zero-order valence-electron chi connectivity index (χ0n) is 19.2. The summed E-state index contributed by atoms with van der Waals surface area (Å²) < 4.78 is 26.1. The van der Waals surface area contributed by atoms with Crippen LogP contribution in [0.15, 0.2) is 60.7 Å². The van der Waals surface area contributed by atoms with Gasteiger partial charge in [0.1, 0.15) is 6.61 Å². The molecule has 4 nitrogen and oxygen atoms in total. The van der Waals surface area contributed by atoms with Crippen LogP contribution in [0.1, 0.15) is 41.9 Å². The van der Waals surface area contributed by atoms with Gasteiger partial charge in [0.05, 0.1) is 18.2 Å². The van der Waals surface area contributed by atoms with Gasteiger partial charge in [-0.3, -0.25) is 0 Å². The number of hydrogen-bond donors (Lipinski definition) is 1. The number of hydrogen-bond acceptors (Lipinski definition) is 4. The van der Waals surface area contributed by atoms with Gasteiger partial charge < -0.3 is 14.8 Å². The molecule has 176 valence electrons. The van der Waals surface area contributed by atoms with Gasteiger partial charge in [-0.25, -0.2) is 4.39 Å². The molecule has 34 heavy (non-hydrogen) atoms. The zero-order valence-corrected chi connectivity index (χ0v) is 19.9. The number of nitriles is 1. The summed E-state index contributed by atoms with van der Waals surface area (Å²) in [7, 11) is 1.55. The van der Waals surface area contributed by atoms with Crippen molar-refractivity contribution < 1.29 is 13.9 Å². The third-order valence-corrected chi connectivity index (χ3v) is 6.68. The lowest BCUT2D eigenvalue weighted by atomic mass is 9.87. The molecule has 1 unspecified atom stereocenters. The quantitative estimate of drug-likeness (QED) is 0.346. The minimum absolute atomic E-state index is 0.0625. The smallest absolute Gasteiger partial charge is 0.174 e. The predicted molar refractivity (Wildman–Crippen MR) is 133 cm³/mol. The predicted octanol–water partition coefficient (Wildman–Crippen LogP) is 6.32. The second kappa shape index (κ2) is 11.5. The van der Waals surface area contributed by atoms with Crippen LogP contribution in [-0.2, 0) is 4.74 Å². The van der Waals surface area contributed by atoms with E-state index in [2.05, 4.69) is 23.5 Å². The van der Waals surface area contributed by atoms with Crippen molar-refractivity contribution in [1.82, 2.24) is 5.32 Å². The summed E-state index contributed by atoms with van der Waals surface area (Å²) in [6.07, 6.45) is 3.65. The van der Waals surface area contributed by atoms with Crippen molar-refractivity contribution >= 4 is 11.6 Å². The molecule has 0 aromatic heterocycles. The highest BCUT2D eigenvalue weighted by Gasteiger charge is 2.23. The lowest BCUT2D eigenvalue weighted by molar-refractivity contribution is 0.144. The second-order valence-electron chi connectivity index (χ2n) is 8.49. The number of rotatable bonds is 10. The molecule has 0 bridgehead atoms. The largest absolute Gasteiger partial charge is 0.488 e. The first-order chi connectivity index (χ1) is 16.6. The fourth-order valence-corrected chi connectivity index (χ4v) is 4.43. The maximum absolute atomic E-state index is 15.6. The number of nitrogens with zero attached hydrogens (tertiary/aromatic N) is 1. The van der Waals surface area contributed by atoms with Crippen molar-refractivity contribution in [2.45, 2.75) is 31.2 Å². The van der Waals surface area contributed by atoms with E-state index >= 15 is 4.39 Å². The third kappa shape index (κ3) is 5.42. The molecule has 1 aliphatic carbocycles. The van der Waals surface area contributed by atoms with Crippen LogP contribution in [0.5, 0.6) is 5.75 Å². The molecule has 6 heteroatoms. The Hall–Kier alpha value is -2.91. The molecule has 0 aliphatic heterocycles. The van der Waals surface area contributed by atoms with Crippen LogP contribution in [0.3, 0.4) is 0 Å². The van der Waals surface area contributed by atoms with Crippen LogP contribution < -0.4 is 10.1 Å². The van der Waals surface area contributed by atoms with Crippen LogP contribution in [0.25, 0.3) is 11.1 Å². The van der Waals surface area contributed by atoms with Crippen LogP contribution in [0.4, 0.5) is 4.39 Å². The molecule has 0 saturated heterocycles. The lowest BCUT2D eigenvalue weighted by Crippen LogP contribution is -2.37. The van der Waals surface area contributed by atoms with E-state index in [4.69, 9.17) is 21.1 Å². The molecule has 1 aliphatic rings. The lowest BCUT2D eigenvalue weighted by Gasteiger charge is -2.29.